The molecule has 0 aliphatic carbocycles. The molecule has 1 saturated heterocycles. The van der Waals surface area contributed by atoms with E-state index < -0.39 is 10.5 Å². The maximum absolute atomic E-state index is 11.5. The van der Waals surface area contributed by atoms with E-state index in [0.717, 1.165) is 0 Å². The number of pyridine rings is 1. The minimum absolute atomic E-state index is 0.0578. The fraction of sp³-hybridized carbons (Fsp3) is 0.375. The first-order chi connectivity index (χ1) is 6.70. The Bertz CT molecular complexity index is 422. The molecular formula is C8H9N3O3. The molecule has 0 saturated carbocycles. The van der Waals surface area contributed by atoms with Gasteiger partial charge < -0.3 is 9.88 Å². The number of hydrogen-bond donors (Lipinski definition) is 1. The van der Waals surface area contributed by atoms with Crippen molar-refractivity contribution in [3.05, 3.63) is 38.8 Å². The third-order valence-electron chi connectivity index (χ3n) is 2.30. The van der Waals surface area contributed by atoms with E-state index in [-0.39, 0.29) is 11.7 Å². The maximum Gasteiger partial charge on any atom is 0.334 e. The van der Waals surface area contributed by atoms with Crippen LogP contribution >= 0.6 is 0 Å². The van der Waals surface area contributed by atoms with Gasteiger partial charge in [-0.3, -0.25) is 14.9 Å². The molecule has 1 aliphatic heterocycles. The first kappa shape index (κ1) is 8.89. The SMILES string of the molecule is O=c1c([N+](=O)[O-])cccn1C1CNC1. The molecule has 6 heteroatoms. The molecule has 1 aromatic heterocycles. The van der Waals surface area contributed by atoms with Crippen LogP contribution in [-0.4, -0.2) is 22.6 Å². The van der Waals surface area contributed by atoms with Crippen molar-refractivity contribution in [3.63, 3.8) is 0 Å². The zero-order valence-electron chi connectivity index (χ0n) is 7.34. The predicted molar refractivity (Wildman–Crippen MR) is 49.3 cm³/mol. The molecule has 0 unspecified atom stereocenters. The summed E-state index contributed by atoms with van der Waals surface area (Å²) in [4.78, 5) is 21.4. The predicted octanol–water partition coefficient (Wildman–Crippen LogP) is -0.0992. The van der Waals surface area contributed by atoms with Gasteiger partial charge in [0.05, 0.1) is 11.0 Å². The van der Waals surface area contributed by atoms with E-state index in [1.807, 2.05) is 0 Å². The van der Waals surface area contributed by atoms with Crippen molar-refractivity contribution in [2.75, 3.05) is 13.1 Å². The molecule has 2 heterocycles. The number of aromatic nitrogens is 1. The van der Waals surface area contributed by atoms with Crippen molar-refractivity contribution in [3.8, 4) is 0 Å². The normalized spacial score (nSPS) is 16.3. The summed E-state index contributed by atoms with van der Waals surface area (Å²) in [6, 6.07) is 2.81. The standard InChI is InChI=1S/C8H9N3O3/c12-8-7(11(13)14)2-1-3-10(8)6-4-9-5-6/h1-3,6,9H,4-5H2. The topological polar surface area (TPSA) is 77.2 Å². The summed E-state index contributed by atoms with van der Waals surface area (Å²) >= 11 is 0. The third-order valence-corrected chi connectivity index (χ3v) is 2.30. The summed E-state index contributed by atoms with van der Waals surface area (Å²) in [5, 5.41) is 13.5. The Morgan fingerprint density at radius 2 is 2.29 bits per heavy atom. The molecule has 14 heavy (non-hydrogen) atoms. The van der Waals surface area contributed by atoms with Crippen molar-refractivity contribution in [2.24, 2.45) is 0 Å². The highest BCUT2D eigenvalue weighted by Crippen LogP contribution is 2.10. The second-order valence-corrected chi connectivity index (χ2v) is 3.18. The average molecular weight is 195 g/mol. The molecule has 0 amide bonds. The molecule has 74 valence electrons. The molecule has 1 N–H and O–H groups in total. The number of nitro groups is 1. The largest absolute Gasteiger partial charge is 0.334 e. The lowest BCUT2D eigenvalue weighted by molar-refractivity contribution is -0.386. The summed E-state index contributed by atoms with van der Waals surface area (Å²) in [6.45, 7) is 1.39. The molecule has 0 atom stereocenters. The monoisotopic (exact) mass is 195 g/mol. The van der Waals surface area contributed by atoms with Crippen molar-refractivity contribution in [1.82, 2.24) is 9.88 Å². The van der Waals surface area contributed by atoms with Crippen LogP contribution in [0.1, 0.15) is 6.04 Å². The zero-order chi connectivity index (χ0) is 10.1. The molecule has 2 rings (SSSR count). The smallest absolute Gasteiger partial charge is 0.313 e. The van der Waals surface area contributed by atoms with E-state index in [4.69, 9.17) is 0 Å². The number of nitrogens with zero attached hydrogens (tertiary/aromatic N) is 2. The lowest BCUT2D eigenvalue weighted by Gasteiger charge is -2.28. The summed E-state index contributed by atoms with van der Waals surface area (Å²) in [5.41, 5.74) is -0.886. The van der Waals surface area contributed by atoms with Gasteiger partial charge in [0.25, 0.3) is 0 Å². The molecule has 1 aliphatic rings. The molecule has 1 fully saturated rings. The van der Waals surface area contributed by atoms with E-state index in [1.54, 1.807) is 6.20 Å². The van der Waals surface area contributed by atoms with Crippen LogP contribution in [0, 0.1) is 10.1 Å². The highest BCUT2D eigenvalue weighted by Gasteiger charge is 2.23. The number of rotatable bonds is 2. The fourth-order valence-corrected chi connectivity index (χ4v) is 1.39. The Hall–Kier alpha value is -1.69. The van der Waals surface area contributed by atoms with Crippen LogP contribution in [0.15, 0.2) is 23.1 Å². The van der Waals surface area contributed by atoms with Crippen LogP contribution < -0.4 is 10.9 Å². The van der Waals surface area contributed by atoms with Crippen LogP contribution in [0.25, 0.3) is 0 Å². The molecule has 6 nitrogen and oxygen atoms in total. The Labute approximate surface area is 79.3 Å². The van der Waals surface area contributed by atoms with Gasteiger partial charge in [-0.15, -0.1) is 0 Å². The van der Waals surface area contributed by atoms with E-state index in [2.05, 4.69) is 5.32 Å². The summed E-state index contributed by atoms with van der Waals surface area (Å²) in [5.74, 6) is 0. The quantitative estimate of drug-likeness (QED) is 0.528. The van der Waals surface area contributed by atoms with Crippen molar-refractivity contribution in [2.45, 2.75) is 6.04 Å². The van der Waals surface area contributed by atoms with Crippen LogP contribution in [0.5, 0.6) is 0 Å². The highest BCUT2D eigenvalue weighted by atomic mass is 16.6. The second kappa shape index (κ2) is 3.22. The fourth-order valence-electron chi connectivity index (χ4n) is 1.39. The van der Waals surface area contributed by atoms with E-state index in [0.29, 0.717) is 13.1 Å². The molecule has 0 aromatic carbocycles. The first-order valence-corrected chi connectivity index (χ1v) is 4.26. The Kier molecular flexibility index (Phi) is 2.05. The van der Waals surface area contributed by atoms with Gasteiger partial charge >= 0.3 is 11.2 Å². The highest BCUT2D eigenvalue weighted by molar-refractivity contribution is 5.25. The zero-order valence-corrected chi connectivity index (χ0v) is 7.34. The minimum atomic E-state index is -0.648. The van der Waals surface area contributed by atoms with Gasteiger partial charge in [-0.2, -0.15) is 0 Å². The van der Waals surface area contributed by atoms with Gasteiger partial charge in [0, 0.05) is 25.4 Å². The van der Waals surface area contributed by atoms with Gasteiger partial charge in [0.2, 0.25) is 0 Å². The van der Waals surface area contributed by atoms with Crippen molar-refractivity contribution >= 4 is 5.69 Å². The summed E-state index contributed by atoms with van der Waals surface area (Å²) in [6.07, 6.45) is 1.58. The summed E-state index contributed by atoms with van der Waals surface area (Å²) < 4.78 is 1.41. The van der Waals surface area contributed by atoms with Crippen LogP contribution in [0.2, 0.25) is 0 Å². The summed E-state index contributed by atoms with van der Waals surface area (Å²) in [7, 11) is 0. The Balaban J connectivity index is 2.46. The van der Waals surface area contributed by atoms with Gasteiger partial charge in [-0.1, -0.05) is 0 Å². The Morgan fingerprint density at radius 3 is 2.79 bits per heavy atom. The molecular weight excluding hydrogens is 186 g/mol. The van der Waals surface area contributed by atoms with Gasteiger partial charge in [-0.05, 0) is 6.07 Å². The Morgan fingerprint density at radius 1 is 1.57 bits per heavy atom. The van der Waals surface area contributed by atoms with Crippen LogP contribution in [0.4, 0.5) is 5.69 Å². The van der Waals surface area contributed by atoms with E-state index >= 15 is 0 Å². The lowest BCUT2D eigenvalue weighted by Crippen LogP contribution is -2.46. The van der Waals surface area contributed by atoms with Gasteiger partial charge in [0.15, 0.2) is 0 Å². The van der Waals surface area contributed by atoms with Crippen molar-refractivity contribution in [1.29, 1.82) is 0 Å². The van der Waals surface area contributed by atoms with Gasteiger partial charge in [0.1, 0.15) is 0 Å². The van der Waals surface area contributed by atoms with E-state index in [1.165, 1.54) is 16.7 Å². The first-order valence-electron chi connectivity index (χ1n) is 4.26. The molecule has 1 aromatic rings. The van der Waals surface area contributed by atoms with Crippen molar-refractivity contribution < 1.29 is 4.92 Å². The minimum Gasteiger partial charge on any atom is -0.313 e. The van der Waals surface area contributed by atoms with Gasteiger partial charge in [-0.25, -0.2) is 0 Å². The molecule has 0 radical (unpaired) electrons. The number of hydrogen-bond acceptors (Lipinski definition) is 4. The third kappa shape index (κ3) is 1.29. The molecule has 0 spiro atoms. The maximum atomic E-state index is 11.5. The molecule has 0 bridgehead atoms. The van der Waals surface area contributed by atoms with Crippen LogP contribution in [-0.2, 0) is 0 Å². The van der Waals surface area contributed by atoms with Crippen LogP contribution in [0.3, 0.4) is 0 Å². The second-order valence-electron chi connectivity index (χ2n) is 3.18. The average Bonchev–Trinajstić information content (AvgIpc) is 2.04. The lowest BCUT2D eigenvalue weighted by atomic mass is 10.2. The number of nitrogens with one attached hydrogen (secondary N) is 1. The van der Waals surface area contributed by atoms with E-state index in [9.17, 15) is 14.9 Å².